The number of ketones is 1. The Hall–Kier alpha value is -1.90. The van der Waals surface area contributed by atoms with Gasteiger partial charge in [0.1, 0.15) is 11.3 Å². The van der Waals surface area contributed by atoms with E-state index >= 15 is 0 Å². The monoisotopic (exact) mass is 216 g/mol. The largest absolute Gasteiger partial charge is 0.461 e. The van der Waals surface area contributed by atoms with Gasteiger partial charge in [0, 0.05) is 11.1 Å². The summed E-state index contributed by atoms with van der Waals surface area (Å²) in [7, 11) is 0. The van der Waals surface area contributed by atoms with Crippen LogP contribution in [0.15, 0.2) is 27.4 Å². The zero-order chi connectivity index (χ0) is 11.9. The van der Waals surface area contributed by atoms with Gasteiger partial charge in [-0.25, -0.2) is 0 Å². The molecule has 0 aliphatic carbocycles. The molecule has 0 spiro atoms. The van der Waals surface area contributed by atoms with Crippen LogP contribution in [-0.4, -0.2) is 5.78 Å². The van der Waals surface area contributed by atoms with E-state index in [1.165, 1.54) is 6.92 Å². The number of hydrogen-bond donors (Lipinski definition) is 0. The number of carbonyl (C=O) groups excluding carboxylic acids is 1. The van der Waals surface area contributed by atoms with E-state index in [2.05, 4.69) is 0 Å². The molecule has 0 N–H and O–H groups in total. The van der Waals surface area contributed by atoms with Gasteiger partial charge in [-0.15, -0.1) is 0 Å². The summed E-state index contributed by atoms with van der Waals surface area (Å²) >= 11 is 0. The molecule has 0 bridgehead atoms. The minimum absolute atomic E-state index is 0.0560. The lowest BCUT2D eigenvalue weighted by Crippen LogP contribution is -2.08. The maximum Gasteiger partial charge on any atom is 0.195 e. The highest BCUT2D eigenvalue weighted by molar-refractivity contribution is 5.97. The summed E-state index contributed by atoms with van der Waals surface area (Å²) in [5.74, 6) is 0.563. The quantitative estimate of drug-likeness (QED) is 0.688. The molecule has 0 atom stereocenters. The van der Waals surface area contributed by atoms with E-state index in [-0.39, 0.29) is 11.2 Å². The zero-order valence-corrected chi connectivity index (χ0v) is 9.46. The van der Waals surface area contributed by atoms with E-state index in [4.69, 9.17) is 4.42 Å². The molecular formula is C13H12O3. The van der Waals surface area contributed by atoms with Crippen molar-refractivity contribution in [3.63, 3.8) is 0 Å². The van der Waals surface area contributed by atoms with E-state index in [0.29, 0.717) is 27.9 Å². The molecular weight excluding hydrogens is 204 g/mol. The van der Waals surface area contributed by atoms with Crippen LogP contribution < -0.4 is 5.43 Å². The Bertz CT molecular complexity index is 635. The van der Waals surface area contributed by atoms with Gasteiger partial charge in [0.25, 0.3) is 0 Å². The Labute approximate surface area is 92.7 Å². The van der Waals surface area contributed by atoms with Crippen LogP contribution in [0, 0.1) is 13.8 Å². The fraction of sp³-hybridized carbons (Fsp3) is 0.231. The third-order valence-electron chi connectivity index (χ3n) is 2.76. The molecule has 0 amide bonds. The summed E-state index contributed by atoms with van der Waals surface area (Å²) < 4.78 is 5.50. The summed E-state index contributed by atoms with van der Waals surface area (Å²) in [6.45, 7) is 4.96. The van der Waals surface area contributed by atoms with Crippen molar-refractivity contribution in [3.8, 4) is 0 Å². The summed E-state index contributed by atoms with van der Waals surface area (Å²) in [6, 6.07) is 4.93. The molecule has 2 rings (SSSR count). The first kappa shape index (κ1) is 10.6. The lowest BCUT2D eigenvalue weighted by Gasteiger charge is -2.03. The summed E-state index contributed by atoms with van der Waals surface area (Å²) in [5, 5.41) is 0.468. The van der Waals surface area contributed by atoms with Crippen LogP contribution in [0.1, 0.15) is 28.6 Å². The molecule has 0 radical (unpaired) electrons. The highest BCUT2D eigenvalue weighted by Gasteiger charge is 2.09. The van der Waals surface area contributed by atoms with Crippen molar-refractivity contribution in [2.24, 2.45) is 0 Å². The van der Waals surface area contributed by atoms with Crippen molar-refractivity contribution in [1.29, 1.82) is 0 Å². The molecule has 2 aromatic rings. The lowest BCUT2D eigenvalue weighted by atomic mass is 10.1. The SMILES string of the molecule is CC(=O)c1ccc2oc(C)c(C)c(=O)c2c1. The molecule has 0 fully saturated rings. The third kappa shape index (κ3) is 1.54. The average Bonchev–Trinajstić information content (AvgIpc) is 2.25. The standard InChI is InChI=1S/C13H12O3/c1-7-9(3)16-12-5-4-10(8(2)14)6-11(12)13(7)15/h4-6H,1-3H3. The Kier molecular flexibility index (Phi) is 2.38. The molecule has 82 valence electrons. The molecule has 1 aromatic carbocycles. The maximum absolute atomic E-state index is 12.0. The van der Waals surface area contributed by atoms with E-state index < -0.39 is 0 Å². The topological polar surface area (TPSA) is 47.3 Å². The average molecular weight is 216 g/mol. The predicted octanol–water partition coefficient (Wildman–Crippen LogP) is 2.61. The normalized spacial score (nSPS) is 10.7. The van der Waals surface area contributed by atoms with Crippen LogP contribution in [0.2, 0.25) is 0 Å². The third-order valence-corrected chi connectivity index (χ3v) is 2.76. The molecule has 1 aromatic heterocycles. The van der Waals surface area contributed by atoms with Crippen molar-refractivity contribution < 1.29 is 9.21 Å². The van der Waals surface area contributed by atoms with Crippen LogP contribution in [0.5, 0.6) is 0 Å². The van der Waals surface area contributed by atoms with Gasteiger partial charge in [0.2, 0.25) is 0 Å². The Morgan fingerprint density at radius 3 is 2.56 bits per heavy atom. The first-order valence-corrected chi connectivity index (χ1v) is 5.05. The fourth-order valence-electron chi connectivity index (χ4n) is 1.62. The minimum Gasteiger partial charge on any atom is -0.461 e. The van der Waals surface area contributed by atoms with Gasteiger partial charge in [0.05, 0.1) is 5.39 Å². The molecule has 1 heterocycles. The number of benzene rings is 1. The zero-order valence-electron chi connectivity index (χ0n) is 9.46. The van der Waals surface area contributed by atoms with Gasteiger partial charge in [-0.1, -0.05) is 0 Å². The minimum atomic E-state index is -0.0677. The van der Waals surface area contributed by atoms with E-state index in [1.54, 1.807) is 32.0 Å². The van der Waals surface area contributed by atoms with Gasteiger partial charge in [-0.2, -0.15) is 0 Å². The number of fused-ring (bicyclic) bond motifs is 1. The second kappa shape index (κ2) is 3.59. The molecule has 0 saturated heterocycles. The smallest absolute Gasteiger partial charge is 0.195 e. The molecule has 16 heavy (non-hydrogen) atoms. The molecule has 0 aliphatic rings. The second-order valence-electron chi connectivity index (χ2n) is 3.88. The van der Waals surface area contributed by atoms with Crippen molar-refractivity contribution in [1.82, 2.24) is 0 Å². The van der Waals surface area contributed by atoms with Gasteiger partial charge in [-0.3, -0.25) is 9.59 Å². The number of hydrogen-bond acceptors (Lipinski definition) is 3. The van der Waals surface area contributed by atoms with Crippen LogP contribution >= 0.6 is 0 Å². The molecule has 0 saturated carbocycles. The van der Waals surface area contributed by atoms with E-state index in [0.717, 1.165) is 0 Å². The predicted molar refractivity (Wildman–Crippen MR) is 62.0 cm³/mol. The van der Waals surface area contributed by atoms with E-state index in [1.807, 2.05) is 0 Å². The van der Waals surface area contributed by atoms with Gasteiger partial charge in [-0.05, 0) is 39.0 Å². The van der Waals surface area contributed by atoms with Crippen molar-refractivity contribution in [3.05, 3.63) is 45.3 Å². The van der Waals surface area contributed by atoms with Gasteiger partial charge >= 0.3 is 0 Å². The molecule has 0 aliphatic heterocycles. The lowest BCUT2D eigenvalue weighted by molar-refractivity contribution is 0.101. The highest BCUT2D eigenvalue weighted by atomic mass is 16.3. The van der Waals surface area contributed by atoms with E-state index in [9.17, 15) is 9.59 Å². The van der Waals surface area contributed by atoms with Crippen LogP contribution in [-0.2, 0) is 0 Å². The number of carbonyl (C=O) groups is 1. The first-order chi connectivity index (χ1) is 7.50. The molecule has 3 heteroatoms. The second-order valence-corrected chi connectivity index (χ2v) is 3.88. The van der Waals surface area contributed by atoms with Crippen LogP contribution in [0.4, 0.5) is 0 Å². The first-order valence-electron chi connectivity index (χ1n) is 5.05. The van der Waals surface area contributed by atoms with Crippen molar-refractivity contribution >= 4 is 16.8 Å². The molecule has 3 nitrogen and oxygen atoms in total. The maximum atomic E-state index is 12.0. The van der Waals surface area contributed by atoms with Crippen LogP contribution in [0.3, 0.4) is 0 Å². The number of Topliss-reactive ketones (excluding diaryl/α,β-unsaturated/α-hetero) is 1. The summed E-state index contributed by atoms with van der Waals surface area (Å²) in [6.07, 6.45) is 0. The molecule has 0 unspecified atom stereocenters. The Morgan fingerprint density at radius 1 is 1.25 bits per heavy atom. The van der Waals surface area contributed by atoms with Gasteiger partial charge in [0.15, 0.2) is 11.2 Å². The van der Waals surface area contributed by atoms with Crippen molar-refractivity contribution in [2.45, 2.75) is 20.8 Å². The van der Waals surface area contributed by atoms with Crippen LogP contribution in [0.25, 0.3) is 11.0 Å². The fourth-order valence-corrected chi connectivity index (χ4v) is 1.62. The van der Waals surface area contributed by atoms with Gasteiger partial charge < -0.3 is 4.42 Å². The van der Waals surface area contributed by atoms with Crippen molar-refractivity contribution in [2.75, 3.05) is 0 Å². The number of aryl methyl sites for hydroxylation is 1. The number of rotatable bonds is 1. The summed E-state index contributed by atoms with van der Waals surface area (Å²) in [4.78, 5) is 23.2. The Morgan fingerprint density at radius 2 is 1.94 bits per heavy atom. The highest BCUT2D eigenvalue weighted by Crippen LogP contribution is 2.16. The Balaban J connectivity index is 2.88. The summed E-state index contributed by atoms with van der Waals surface area (Å²) in [5.41, 5.74) is 1.58.